The predicted molar refractivity (Wildman–Crippen MR) is 73.3 cm³/mol. The van der Waals surface area contributed by atoms with Crippen molar-refractivity contribution in [3.8, 4) is 0 Å². The van der Waals surface area contributed by atoms with Gasteiger partial charge in [0.25, 0.3) is 5.91 Å². The highest BCUT2D eigenvalue weighted by Crippen LogP contribution is 2.23. The van der Waals surface area contributed by atoms with Gasteiger partial charge in [0.1, 0.15) is 0 Å². The molecule has 1 saturated heterocycles. The van der Waals surface area contributed by atoms with Gasteiger partial charge in [0.2, 0.25) is 0 Å². The van der Waals surface area contributed by atoms with Crippen LogP contribution in [0.1, 0.15) is 23.2 Å². The van der Waals surface area contributed by atoms with E-state index in [0.29, 0.717) is 13.1 Å². The summed E-state index contributed by atoms with van der Waals surface area (Å²) in [6, 6.07) is 1.87. The number of carboxylic acid groups (broad SMARTS) is 1. The number of halogens is 1. The van der Waals surface area contributed by atoms with Gasteiger partial charge < -0.3 is 10.0 Å². The molecule has 1 atom stereocenters. The maximum atomic E-state index is 12.1. The van der Waals surface area contributed by atoms with Crippen molar-refractivity contribution in [1.29, 1.82) is 0 Å². The number of carboxylic acids is 1. The van der Waals surface area contributed by atoms with Crippen molar-refractivity contribution in [1.82, 2.24) is 4.90 Å². The molecule has 0 saturated carbocycles. The van der Waals surface area contributed by atoms with Gasteiger partial charge >= 0.3 is 5.97 Å². The minimum absolute atomic E-state index is 0.0251. The molecular weight excluding hydrogens is 353 g/mol. The van der Waals surface area contributed by atoms with Crippen LogP contribution in [0, 0.1) is 8.80 Å². The van der Waals surface area contributed by atoms with Crippen LogP contribution in [-0.4, -0.2) is 35.0 Å². The average molecular weight is 365 g/mol. The van der Waals surface area contributed by atoms with Gasteiger partial charge in [-0.05, 0) is 41.0 Å². The van der Waals surface area contributed by atoms with Gasteiger partial charge in [-0.1, -0.05) is 0 Å². The highest BCUT2D eigenvalue weighted by molar-refractivity contribution is 14.1. The summed E-state index contributed by atoms with van der Waals surface area (Å²) < 4.78 is 1.09. The molecule has 1 amide bonds. The first kappa shape index (κ1) is 12.8. The summed E-state index contributed by atoms with van der Waals surface area (Å²) in [4.78, 5) is 24.4. The summed E-state index contributed by atoms with van der Waals surface area (Å²) >= 11 is 3.74. The Bertz CT molecular complexity index is 446. The van der Waals surface area contributed by atoms with Crippen LogP contribution >= 0.6 is 33.9 Å². The molecule has 0 bridgehead atoms. The molecule has 1 N–H and O–H groups in total. The summed E-state index contributed by atoms with van der Waals surface area (Å²) in [5.74, 6) is -0.652. The Morgan fingerprint density at radius 2 is 2.35 bits per heavy atom. The van der Waals surface area contributed by atoms with Crippen LogP contribution in [0.2, 0.25) is 0 Å². The average Bonchev–Trinajstić information content (AvgIpc) is 2.85. The van der Waals surface area contributed by atoms with Crippen molar-refractivity contribution in [2.75, 3.05) is 13.1 Å². The monoisotopic (exact) mass is 365 g/mol. The fraction of sp³-hybridized carbons (Fsp3) is 0.455. The van der Waals surface area contributed by atoms with Crippen LogP contribution in [0.5, 0.6) is 0 Å². The molecule has 1 aliphatic rings. The van der Waals surface area contributed by atoms with Crippen LogP contribution < -0.4 is 0 Å². The Morgan fingerprint density at radius 1 is 1.59 bits per heavy atom. The van der Waals surface area contributed by atoms with Crippen LogP contribution in [0.4, 0.5) is 0 Å². The second-order valence-electron chi connectivity index (χ2n) is 4.14. The summed E-state index contributed by atoms with van der Waals surface area (Å²) in [5.41, 5.74) is 0.718. The molecule has 0 aliphatic carbocycles. The molecule has 0 aromatic carbocycles. The molecule has 2 rings (SSSR count). The molecule has 6 heteroatoms. The minimum atomic E-state index is -0.783. The van der Waals surface area contributed by atoms with E-state index in [-0.39, 0.29) is 18.2 Å². The lowest BCUT2D eigenvalue weighted by molar-refractivity contribution is -0.138. The first-order chi connectivity index (χ1) is 8.06. The van der Waals surface area contributed by atoms with E-state index in [0.717, 1.165) is 14.9 Å². The van der Waals surface area contributed by atoms with Gasteiger partial charge in [0.05, 0.1) is 8.45 Å². The molecule has 1 unspecified atom stereocenters. The Balaban J connectivity index is 1.96. The van der Waals surface area contributed by atoms with E-state index in [1.165, 1.54) is 0 Å². The zero-order chi connectivity index (χ0) is 12.4. The number of aliphatic carboxylic acids is 1. The number of hydrogen-bond acceptors (Lipinski definition) is 3. The van der Waals surface area contributed by atoms with E-state index < -0.39 is 5.97 Å². The highest BCUT2D eigenvalue weighted by atomic mass is 127. The van der Waals surface area contributed by atoms with Crippen molar-refractivity contribution in [3.63, 3.8) is 0 Å². The molecular formula is C11H12INO3S. The van der Waals surface area contributed by atoms with Crippen LogP contribution in [-0.2, 0) is 4.79 Å². The van der Waals surface area contributed by atoms with Crippen molar-refractivity contribution in [2.45, 2.75) is 12.8 Å². The predicted octanol–water partition coefficient (Wildman–Crippen LogP) is 2.29. The molecule has 4 nitrogen and oxygen atoms in total. The lowest BCUT2D eigenvalue weighted by Gasteiger charge is -2.15. The Morgan fingerprint density at radius 3 is 2.94 bits per heavy atom. The van der Waals surface area contributed by atoms with E-state index in [1.807, 2.05) is 11.4 Å². The number of carbonyl (C=O) groups excluding carboxylic acids is 1. The summed E-state index contributed by atoms with van der Waals surface area (Å²) in [7, 11) is 0. The van der Waals surface area contributed by atoms with Crippen LogP contribution in [0.3, 0.4) is 0 Å². The molecule has 1 aliphatic heterocycles. The molecule has 0 spiro atoms. The highest BCUT2D eigenvalue weighted by Gasteiger charge is 2.28. The normalized spacial score (nSPS) is 19.6. The van der Waals surface area contributed by atoms with Crippen LogP contribution in [0.25, 0.3) is 0 Å². The first-order valence-electron chi connectivity index (χ1n) is 5.31. The zero-order valence-corrected chi connectivity index (χ0v) is 12.0. The number of rotatable bonds is 3. The molecule has 0 radical (unpaired) electrons. The molecule has 17 heavy (non-hydrogen) atoms. The largest absolute Gasteiger partial charge is 0.481 e. The number of amides is 1. The van der Waals surface area contributed by atoms with Crippen molar-refractivity contribution < 1.29 is 14.7 Å². The second-order valence-corrected chi connectivity index (χ2v) is 6.95. The standard InChI is InChI=1S/C11H12INO3S/c12-9-4-8(6-17-9)11(16)13-2-1-7(5-13)3-10(14)15/h4,6-7H,1-3,5H2,(H,14,15). The zero-order valence-electron chi connectivity index (χ0n) is 9.06. The third-order valence-corrected chi connectivity index (χ3v) is 4.64. The van der Waals surface area contributed by atoms with Gasteiger partial charge in [-0.15, -0.1) is 11.3 Å². The van der Waals surface area contributed by atoms with Gasteiger partial charge in [-0.25, -0.2) is 0 Å². The van der Waals surface area contributed by atoms with Crippen molar-refractivity contribution in [2.24, 2.45) is 5.92 Å². The number of likely N-dealkylation sites (tertiary alicyclic amines) is 1. The Hall–Kier alpha value is -0.630. The van der Waals surface area contributed by atoms with E-state index >= 15 is 0 Å². The Labute approximate surface area is 117 Å². The molecule has 1 fully saturated rings. The summed E-state index contributed by atoms with van der Waals surface area (Å²) in [6.45, 7) is 1.24. The van der Waals surface area contributed by atoms with Gasteiger partial charge in [-0.3, -0.25) is 9.59 Å². The summed E-state index contributed by atoms with van der Waals surface area (Å²) in [6.07, 6.45) is 0.949. The minimum Gasteiger partial charge on any atom is -0.481 e. The van der Waals surface area contributed by atoms with E-state index in [1.54, 1.807) is 16.2 Å². The third-order valence-electron chi connectivity index (χ3n) is 2.85. The fourth-order valence-electron chi connectivity index (χ4n) is 2.04. The molecule has 92 valence electrons. The number of nitrogens with zero attached hydrogens (tertiary/aromatic N) is 1. The first-order valence-corrected chi connectivity index (χ1v) is 7.27. The maximum absolute atomic E-state index is 12.1. The van der Waals surface area contributed by atoms with Gasteiger partial charge in [-0.2, -0.15) is 0 Å². The number of hydrogen-bond donors (Lipinski definition) is 1. The Kier molecular flexibility index (Phi) is 4.03. The third kappa shape index (κ3) is 3.19. The lowest BCUT2D eigenvalue weighted by Crippen LogP contribution is -2.28. The van der Waals surface area contributed by atoms with E-state index in [2.05, 4.69) is 22.6 Å². The van der Waals surface area contributed by atoms with Crippen LogP contribution in [0.15, 0.2) is 11.4 Å². The SMILES string of the molecule is O=C(O)CC1CCN(C(=O)c2csc(I)c2)C1. The number of carbonyl (C=O) groups is 2. The van der Waals surface area contributed by atoms with E-state index in [9.17, 15) is 9.59 Å². The van der Waals surface area contributed by atoms with Gasteiger partial charge in [0, 0.05) is 24.9 Å². The van der Waals surface area contributed by atoms with Crippen molar-refractivity contribution in [3.05, 3.63) is 19.9 Å². The summed E-state index contributed by atoms with van der Waals surface area (Å²) in [5, 5.41) is 10.6. The smallest absolute Gasteiger partial charge is 0.303 e. The lowest BCUT2D eigenvalue weighted by atomic mass is 10.1. The molecule has 1 aromatic heterocycles. The molecule has 2 heterocycles. The molecule has 1 aromatic rings. The fourth-order valence-corrected chi connectivity index (χ4v) is 3.36. The van der Waals surface area contributed by atoms with E-state index in [4.69, 9.17) is 5.11 Å². The number of thiophene rings is 1. The second kappa shape index (κ2) is 5.34. The van der Waals surface area contributed by atoms with Crippen molar-refractivity contribution >= 4 is 45.8 Å². The maximum Gasteiger partial charge on any atom is 0.303 e. The van der Waals surface area contributed by atoms with Gasteiger partial charge in [0.15, 0.2) is 0 Å². The topological polar surface area (TPSA) is 57.6 Å². The quantitative estimate of drug-likeness (QED) is 0.837.